The fraction of sp³-hybridized carbons (Fsp3) is 0.696. The van der Waals surface area contributed by atoms with Crippen molar-refractivity contribution in [1.82, 2.24) is 5.32 Å². The van der Waals surface area contributed by atoms with Crippen LogP contribution in [-0.2, 0) is 26.1 Å². The van der Waals surface area contributed by atoms with Crippen molar-refractivity contribution in [3.8, 4) is 11.5 Å². The van der Waals surface area contributed by atoms with Crippen LogP contribution in [0.15, 0.2) is 12.1 Å². The Morgan fingerprint density at radius 2 is 2.00 bits per heavy atom. The maximum absolute atomic E-state index is 11.5. The van der Waals surface area contributed by atoms with E-state index in [0.29, 0.717) is 24.1 Å². The number of ether oxygens (including phenoxy) is 4. The topological polar surface area (TPSA) is 147 Å². The molecule has 10 atom stereocenters. The van der Waals surface area contributed by atoms with E-state index in [0.717, 1.165) is 31.6 Å². The van der Waals surface area contributed by atoms with Gasteiger partial charge < -0.3 is 44.7 Å². The first-order valence-electron chi connectivity index (χ1n) is 11.5. The zero-order chi connectivity index (χ0) is 23.1. The molecule has 3 fully saturated rings. The first-order chi connectivity index (χ1) is 15.9. The highest BCUT2D eigenvalue weighted by Crippen LogP contribution is 2.63. The number of aliphatic hydroxyl groups excluding tert-OH is 3. The molecule has 2 saturated heterocycles. The lowest BCUT2D eigenvalue weighted by atomic mass is 9.52. The quantitative estimate of drug-likeness (QED) is 0.388. The van der Waals surface area contributed by atoms with Gasteiger partial charge in [0.05, 0.1) is 13.2 Å². The molecule has 10 nitrogen and oxygen atoms in total. The van der Waals surface area contributed by atoms with Gasteiger partial charge in [0.1, 0.15) is 24.4 Å². The summed E-state index contributed by atoms with van der Waals surface area (Å²) in [6.07, 6.45) is -5.74. The fourth-order valence-electron chi connectivity index (χ4n) is 7.04. The van der Waals surface area contributed by atoms with Crippen LogP contribution in [0.1, 0.15) is 30.4 Å². The van der Waals surface area contributed by atoms with Crippen molar-refractivity contribution < 1.29 is 44.2 Å². The molecule has 2 aliphatic carbocycles. The van der Waals surface area contributed by atoms with Crippen molar-refractivity contribution in [3.63, 3.8) is 0 Å². The molecule has 2 bridgehead atoms. The maximum Gasteiger partial charge on any atom is 0.335 e. The highest BCUT2D eigenvalue weighted by atomic mass is 16.7. The number of aliphatic hydroxyl groups is 3. The Balaban J connectivity index is 1.36. The molecule has 3 heterocycles. The Labute approximate surface area is 190 Å². The third kappa shape index (κ3) is 2.85. The molecule has 0 radical (unpaired) electrons. The SMILES string of the molecule is COc1ccc2c3c1O[C@H]1[C@@H](O[C@@H]4O[C@H](C(=O)O)[C@@H](O)[C@H](O)[C@H]4O)CC[C@H]4[C@@H](C2)NCC[C@@]341. The average Bonchev–Trinajstić information content (AvgIpc) is 3.14. The van der Waals surface area contributed by atoms with Crippen LogP contribution >= 0.6 is 0 Å². The van der Waals surface area contributed by atoms with E-state index in [9.17, 15) is 25.2 Å². The van der Waals surface area contributed by atoms with Gasteiger partial charge in [-0.05, 0) is 49.8 Å². The summed E-state index contributed by atoms with van der Waals surface area (Å²) in [5.74, 6) is 0.334. The Kier molecular flexibility index (Phi) is 4.92. The molecule has 1 spiro atoms. The molecular formula is C23H29NO9. The van der Waals surface area contributed by atoms with Crippen molar-refractivity contribution in [3.05, 3.63) is 23.3 Å². The van der Waals surface area contributed by atoms with E-state index < -0.39 is 42.8 Å². The van der Waals surface area contributed by atoms with Gasteiger partial charge >= 0.3 is 5.97 Å². The highest BCUT2D eigenvalue weighted by Gasteiger charge is 2.65. The smallest absolute Gasteiger partial charge is 0.335 e. The zero-order valence-electron chi connectivity index (χ0n) is 18.2. The number of carboxylic acids is 1. The van der Waals surface area contributed by atoms with Crippen molar-refractivity contribution in [2.75, 3.05) is 13.7 Å². The lowest BCUT2D eigenvalue weighted by Crippen LogP contribution is -2.67. The lowest BCUT2D eigenvalue weighted by molar-refractivity contribution is -0.314. The molecule has 1 aromatic rings. The fourth-order valence-corrected chi connectivity index (χ4v) is 7.04. The molecule has 180 valence electrons. The predicted octanol–water partition coefficient (Wildman–Crippen LogP) is -0.701. The van der Waals surface area contributed by atoms with Gasteiger partial charge in [-0.25, -0.2) is 4.79 Å². The van der Waals surface area contributed by atoms with E-state index in [-0.39, 0.29) is 11.5 Å². The summed E-state index contributed by atoms with van der Waals surface area (Å²) in [6.45, 7) is 0.846. The molecule has 1 aromatic carbocycles. The number of hydrogen-bond acceptors (Lipinski definition) is 9. The summed E-state index contributed by atoms with van der Waals surface area (Å²) in [7, 11) is 1.62. The lowest BCUT2D eigenvalue weighted by Gasteiger charge is -2.57. The van der Waals surface area contributed by atoms with Crippen molar-refractivity contribution in [2.45, 2.75) is 80.1 Å². The van der Waals surface area contributed by atoms with Crippen molar-refractivity contribution >= 4 is 5.97 Å². The number of nitrogens with one attached hydrogen (secondary N) is 1. The summed E-state index contributed by atoms with van der Waals surface area (Å²) in [6, 6.07) is 4.37. The standard InChI is InChI=1S/C23H29NO9/c1-30-12-4-2-9-8-11-10-3-5-13(20-23(10,6-7-24-11)14(9)18(12)32-20)31-22-17(27)15(25)16(26)19(33-22)21(28)29/h2,4,10-11,13,15-17,19-20,22,24-27H,3,5-8H2,1H3,(H,28,29)/t10-,11+,13-,15-,16-,17+,19-,20-,22+,23-/m0/s1. The molecule has 0 unspecified atom stereocenters. The summed E-state index contributed by atoms with van der Waals surface area (Å²) < 4.78 is 23.8. The van der Waals surface area contributed by atoms with Crippen LogP contribution in [0.5, 0.6) is 11.5 Å². The minimum atomic E-state index is -1.76. The van der Waals surface area contributed by atoms with Crippen LogP contribution in [0.25, 0.3) is 0 Å². The first kappa shape index (κ1) is 21.6. The van der Waals surface area contributed by atoms with Crippen LogP contribution in [0, 0.1) is 5.92 Å². The molecule has 6 rings (SSSR count). The van der Waals surface area contributed by atoms with Crippen LogP contribution < -0.4 is 14.8 Å². The van der Waals surface area contributed by atoms with Crippen LogP contribution in [0.2, 0.25) is 0 Å². The van der Waals surface area contributed by atoms with Gasteiger partial charge in [-0.1, -0.05) is 6.07 Å². The average molecular weight is 463 g/mol. The number of hydrogen-bond donors (Lipinski definition) is 5. The maximum atomic E-state index is 11.5. The first-order valence-corrected chi connectivity index (χ1v) is 11.5. The number of methoxy groups -OCH3 is 1. The normalized spacial score (nSPS) is 45.2. The largest absolute Gasteiger partial charge is 0.493 e. The summed E-state index contributed by atoms with van der Waals surface area (Å²) in [5, 5.41) is 43.7. The molecule has 3 aliphatic heterocycles. The summed E-state index contributed by atoms with van der Waals surface area (Å²) >= 11 is 0. The van der Waals surface area contributed by atoms with E-state index in [1.165, 1.54) is 11.1 Å². The number of piperidine rings is 1. The van der Waals surface area contributed by atoms with Gasteiger partial charge in [0.2, 0.25) is 0 Å². The van der Waals surface area contributed by atoms with Crippen molar-refractivity contribution in [2.24, 2.45) is 5.92 Å². The van der Waals surface area contributed by atoms with Crippen LogP contribution in [0.4, 0.5) is 0 Å². The second-order valence-electron chi connectivity index (χ2n) is 9.82. The number of carboxylic acid groups (broad SMARTS) is 1. The molecule has 33 heavy (non-hydrogen) atoms. The van der Waals surface area contributed by atoms with Gasteiger partial charge in [0.25, 0.3) is 0 Å². The van der Waals surface area contributed by atoms with E-state index in [4.69, 9.17) is 18.9 Å². The van der Waals surface area contributed by atoms with E-state index in [2.05, 4.69) is 11.4 Å². The number of benzene rings is 1. The molecule has 0 aromatic heterocycles. The Bertz CT molecular complexity index is 971. The molecule has 0 amide bonds. The second kappa shape index (κ2) is 7.53. The van der Waals surface area contributed by atoms with Gasteiger partial charge in [0, 0.05) is 17.0 Å². The third-order valence-electron chi connectivity index (χ3n) is 8.40. The molecule has 1 saturated carbocycles. The van der Waals surface area contributed by atoms with Crippen LogP contribution in [0.3, 0.4) is 0 Å². The molecule has 5 aliphatic rings. The van der Waals surface area contributed by atoms with E-state index >= 15 is 0 Å². The highest BCUT2D eigenvalue weighted by molar-refractivity contribution is 5.73. The zero-order valence-corrected chi connectivity index (χ0v) is 18.2. The Hall–Kier alpha value is -1.95. The second-order valence-corrected chi connectivity index (χ2v) is 9.82. The van der Waals surface area contributed by atoms with Crippen molar-refractivity contribution in [1.29, 1.82) is 0 Å². The number of carbonyl (C=O) groups is 1. The van der Waals surface area contributed by atoms with E-state index in [1.54, 1.807) is 7.11 Å². The minimum absolute atomic E-state index is 0.278. The third-order valence-corrected chi connectivity index (χ3v) is 8.40. The number of aliphatic carboxylic acids is 1. The molecule has 5 N–H and O–H groups in total. The van der Waals surface area contributed by atoms with Gasteiger partial charge in [-0.15, -0.1) is 0 Å². The van der Waals surface area contributed by atoms with Gasteiger partial charge in [0.15, 0.2) is 23.9 Å². The molecular weight excluding hydrogens is 434 g/mol. The van der Waals surface area contributed by atoms with Gasteiger partial charge in [-0.2, -0.15) is 0 Å². The Morgan fingerprint density at radius 1 is 1.18 bits per heavy atom. The monoisotopic (exact) mass is 463 g/mol. The van der Waals surface area contributed by atoms with E-state index in [1.807, 2.05) is 6.07 Å². The summed E-state index contributed by atoms with van der Waals surface area (Å²) in [5.41, 5.74) is 2.15. The summed E-state index contributed by atoms with van der Waals surface area (Å²) in [4.78, 5) is 11.5. The van der Waals surface area contributed by atoms with Crippen LogP contribution in [-0.4, -0.2) is 89.0 Å². The Morgan fingerprint density at radius 3 is 2.76 bits per heavy atom. The van der Waals surface area contributed by atoms with Gasteiger partial charge in [-0.3, -0.25) is 0 Å². The number of rotatable bonds is 4. The molecule has 10 heteroatoms. The predicted molar refractivity (Wildman–Crippen MR) is 111 cm³/mol. The minimum Gasteiger partial charge on any atom is -0.493 e.